The summed E-state index contributed by atoms with van der Waals surface area (Å²) < 4.78 is 30.1. The van der Waals surface area contributed by atoms with Crippen LogP contribution in [0.5, 0.6) is 5.75 Å². The number of anilines is 2. The molecule has 0 unspecified atom stereocenters. The van der Waals surface area contributed by atoms with Crippen molar-refractivity contribution in [3.8, 4) is 17.1 Å². The number of carbonyl (C=O) groups is 1. The molecular formula is C24H28N4O5S. The highest BCUT2D eigenvalue weighted by atomic mass is 32.2. The first kappa shape index (κ1) is 25.1. The molecule has 1 atom stereocenters. The maximum atomic E-state index is 12.4. The Hall–Kier alpha value is -3.50. The first-order valence-corrected chi connectivity index (χ1v) is 12.5. The van der Waals surface area contributed by atoms with Crippen LogP contribution in [-0.4, -0.2) is 47.5 Å². The van der Waals surface area contributed by atoms with Crippen LogP contribution in [0.2, 0.25) is 0 Å². The number of hydrogen-bond donors (Lipinski definition) is 3. The number of amides is 1. The van der Waals surface area contributed by atoms with Crippen molar-refractivity contribution >= 4 is 27.4 Å². The fourth-order valence-electron chi connectivity index (χ4n) is 2.89. The van der Waals surface area contributed by atoms with E-state index in [1.54, 1.807) is 75.4 Å². The molecule has 1 heterocycles. The summed E-state index contributed by atoms with van der Waals surface area (Å²) in [6.45, 7) is 4.91. The lowest BCUT2D eigenvalue weighted by Gasteiger charge is -2.15. The molecule has 34 heavy (non-hydrogen) atoms. The van der Waals surface area contributed by atoms with Gasteiger partial charge in [0, 0.05) is 23.4 Å². The zero-order valence-electron chi connectivity index (χ0n) is 19.2. The van der Waals surface area contributed by atoms with Gasteiger partial charge in [0.05, 0.1) is 23.3 Å². The number of aromatic nitrogens is 2. The lowest BCUT2D eigenvalue weighted by molar-refractivity contribution is 0.215. The van der Waals surface area contributed by atoms with Crippen LogP contribution in [0, 0.1) is 0 Å². The molecule has 9 nitrogen and oxygen atoms in total. The van der Waals surface area contributed by atoms with E-state index < -0.39 is 21.2 Å². The Labute approximate surface area is 199 Å². The second-order valence-corrected chi connectivity index (χ2v) is 10.6. The Balaban J connectivity index is 1.82. The fourth-order valence-corrected chi connectivity index (χ4v) is 3.78. The number of nitrogens with zero attached hydrogens (tertiary/aromatic N) is 2. The molecule has 0 spiro atoms. The topological polar surface area (TPSA) is 131 Å². The van der Waals surface area contributed by atoms with E-state index >= 15 is 0 Å². The Morgan fingerprint density at radius 2 is 1.71 bits per heavy atom. The largest absolute Gasteiger partial charge is 0.417 e. The number of benzene rings is 2. The number of aliphatic hydroxyl groups is 1. The van der Waals surface area contributed by atoms with E-state index in [0.717, 1.165) is 0 Å². The van der Waals surface area contributed by atoms with Crippen molar-refractivity contribution in [3.05, 3.63) is 66.4 Å². The SMILES string of the molecule is CC(C)S(=O)(=O)Cc1cc(N[C@@H](C)CO)nc(-c2ccc(NC(=O)Oc3ccccc3)cc2)n1. The number of hydrogen-bond acceptors (Lipinski definition) is 8. The third-order valence-corrected chi connectivity index (χ3v) is 6.99. The minimum atomic E-state index is -3.38. The first-order chi connectivity index (χ1) is 16.2. The molecule has 1 aromatic heterocycles. The molecule has 180 valence electrons. The standard InChI is InChI=1S/C24H28N4O5S/c1-16(2)34(31,32)15-20-13-22(25-17(3)14-29)28-23(26-20)18-9-11-19(12-10-18)27-24(30)33-21-7-5-4-6-8-21/h4-13,16-17,29H,14-15H2,1-3H3,(H,27,30)(H,25,26,28)/t17-/m0/s1. The molecule has 0 saturated heterocycles. The molecule has 0 bridgehead atoms. The third-order valence-electron chi connectivity index (χ3n) is 4.86. The summed E-state index contributed by atoms with van der Waals surface area (Å²) in [6, 6.07) is 16.8. The van der Waals surface area contributed by atoms with Gasteiger partial charge in [-0.2, -0.15) is 0 Å². The summed E-state index contributed by atoms with van der Waals surface area (Å²) in [5.41, 5.74) is 1.49. The Bertz CT molecular complexity index is 1220. The lowest BCUT2D eigenvalue weighted by Crippen LogP contribution is -2.21. The lowest BCUT2D eigenvalue weighted by atomic mass is 10.2. The normalized spacial score (nSPS) is 12.3. The van der Waals surface area contributed by atoms with Gasteiger partial charge in [0.25, 0.3) is 0 Å². The molecule has 3 aromatic rings. The number of ether oxygens (including phenoxy) is 1. The van der Waals surface area contributed by atoms with Crippen molar-refractivity contribution in [2.24, 2.45) is 0 Å². The number of sulfone groups is 1. The van der Waals surface area contributed by atoms with Gasteiger partial charge in [-0.3, -0.25) is 5.32 Å². The van der Waals surface area contributed by atoms with E-state index in [0.29, 0.717) is 34.3 Å². The molecular weight excluding hydrogens is 456 g/mol. The van der Waals surface area contributed by atoms with Gasteiger partial charge in [-0.25, -0.2) is 23.2 Å². The molecule has 10 heteroatoms. The first-order valence-electron chi connectivity index (χ1n) is 10.8. The predicted molar refractivity (Wildman–Crippen MR) is 131 cm³/mol. The molecule has 2 aromatic carbocycles. The van der Waals surface area contributed by atoms with Gasteiger partial charge in [-0.15, -0.1) is 0 Å². The van der Waals surface area contributed by atoms with Crippen LogP contribution in [0.15, 0.2) is 60.7 Å². The molecule has 1 amide bonds. The van der Waals surface area contributed by atoms with Crippen molar-refractivity contribution in [3.63, 3.8) is 0 Å². The summed E-state index contributed by atoms with van der Waals surface area (Å²) >= 11 is 0. The molecule has 0 aliphatic carbocycles. The number of carbonyl (C=O) groups excluding carboxylic acids is 1. The second kappa shape index (κ2) is 11.1. The van der Waals surface area contributed by atoms with Crippen LogP contribution >= 0.6 is 0 Å². The minimum absolute atomic E-state index is 0.113. The Morgan fingerprint density at radius 1 is 1.03 bits per heavy atom. The van der Waals surface area contributed by atoms with Crippen LogP contribution in [0.25, 0.3) is 11.4 Å². The summed E-state index contributed by atoms with van der Waals surface area (Å²) in [6.07, 6.45) is -0.624. The summed E-state index contributed by atoms with van der Waals surface area (Å²) in [5, 5.41) is 14.5. The van der Waals surface area contributed by atoms with Crippen molar-refractivity contribution in [1.82, 2.24) is 9.97 Å². The number of rotatable bonds is 9. The van der Waals surface area contributed by atoms with Crippen LogP contribution in [0.1, 0.15) is 26.5 Å². The molecule has 3 N–H and O–H groups in total. The van der Waals surface area contributed by atoms with Crippen molar-refractivity contribution < 1.29 is 23.1 Å². The van der Waals surface area contributed by atoms with Crippen LogP contribution in [0.4, 0.5) is 16.3 Å². The minimum Gasteiger partial charge on any atom is -0.410 e. The third kappa shape index (κ3) is 7.00. The number of nitrogens with one attached hydrogen (secondary N) is 2. The van der Waals surface area contributed by atoms with Gasteiger partial charge >= 0.3 is 6.09 Å². The molecule has 0 fully saturated rings. The predicted octanol–water partition coefficient (Wildman–Crippen LogP) is 3.87. The second-order valence-electron chi connectivity index (χ2n) is 8.06. The highest BCUT2D eigenvalue weighted by molar-refractivity contribution is 7.91. The van der Waals surface area contributed by atoms with Crippen molar-refractivity contribution in [2.45, 2.75) is 37.8 Å². The average molecular weight is 485 g/mol. The average Bonchev–Trinajstić information content (AvgIpc) is 2.79. The van der Waals surface area contributed by atoms with Crippen LogP contribution < -0.4 is 15.4 Å². The highest BCUT2D eigenvalue weighted by Gasteiger charge is 2.19. The summed E-state index contributed by atoms with van der Waals surface area (Å²) in [4.78, 5) is 21.0. The van der Waals surface area contributed by atoms with Crippen molar-refractivity contribution in [2.75, 3.05) is 17.2 Å². The Morgan fingerprint density at radius 3 is 2.32 bits per heavy atom. The van der Waals surface area contributed by atoms with Crippen LogP contribution in [-0.2, 0) is 15.6 Å². The van der Waals surface area contributed by atoms with Gasteiger partial charge in [-0.1, -0.05) is 18.2 Å². The number of para-hydroxylation sites is 1. The van der Waals surface area contributed by atoms with Gasteiger partial charge < -0.3 is 15.2 Å². The van der Waals surface area contributed by atoms with E-state index in [2.05, 4.69) is 20.6 Å². The molecule has 0 radical (unpaired) electrons. The van der Waals surface area contributed by atoms with Crippen LogP contribution in [0.3, 0.4) is 0 Å². The fraction of sp³-hybridized carbons (Fsp3) is 0.292. The summed E-state index contributed by atoms with van der Waals surface area (Å²) in [5.74, 6) is 0.930. The van der Waals surface area contributed by atoms with Gasteiger partial charge in [0.2, 0.25) is 0 Å². The van der Waals surface area contributed by atoms with E-state index in [-0.39, 0.29) is 18.4 Å². The zero-order chi connectivity index (χ0) is 24.7. The van der Waals surface area contributed by atoms with Gasteiger partial charge in [-0.05, 0) is 57.2 Å². The maximum Gasteiger partial charge on any atom is 0.417 e. The van der Waals surface area contributed by atoms with E-state index in [9.17, 15) is 18.3 Å². The van der Waals surface area contributed by atoms with E-state index in [1.807, 2.05) is 6.07 Å². The quantitative estimate of drug-likeness (QED) is 0.417. The molecule has 0 saturated carbocycles. The zero-order valence-corrected chi connectivity index (χ0v) is 20.0. The molecule has 0 aliphatic rings. The molecule has 0 aliphatic heterocycles. The molecule has 3 rings (SSSR count). The van der Waals surface area contributed by atoms with E-state index in [4.69, 9.17) is 4.74 Å². The smallest absolute Gasteiger partial charge is 0.410 e. The highest BCUT2D eigenvalue weighted by Crippen LogP contribution is 2.22. The monoisotopic (exact) mass is 484 g/mol. The Kier molecular flexibility index (Phi) is 8.19. The number of aliphatic hydroxyl groups excluding tert-OH is 1. The summed E-state index contributed by atoms with van der Waals surface area (Å²) in [7, 11) is -3.38. The van der Waals surface area contributed by atoms with Gasteiger partial charge in [0.15, 0.2) is 15.7 Å². The maximum absolute atomic E-state index is 12.4. The van der Waals surface area contributed by atoms with Gasteiger partial charge in [0.1, 0.15) is 11.6 Å². The van der Waals surface area contributed by atoms with Crippen molar-refractivity contribution in [1.29, 1.82) is 0 Å². The van der Waals surface area contributed by atoms with E-state index in [1.165, 1.54) is 0 Å².